The third-order valence-corrected chi connectivity index (χ3v) is 2.77. The number of thiophene rings is 1. The summed E-state index contributed by atoms with van der Waals surface area (Å²) >= 11 is 5.46. The first-order chi connectivity index (χ1) is 6.13. The zero-order valence-corrected chi connectivity index (χ0v) is 8.78. The van der Waals surface area contributed by atoms with Gasteiger partial charge in [-0.15, -0.1) is 30.4 Å². The Bertz CT molecular complexity index is 351. The predicted octanol–water partition coefficient (Wildman–Crippen LogP) is 1.79. The highest BCUT2D eigenvalue weighted by Crippen LogP contribution is 2.17. The molecule has 0 aromatic carbocycles. The molecule has 1 amide bonds. The Hall–Kier alpha value is -0.920. The fraction of sp³-hybridized carbons (Fsp3) is 0.222. The average Bonchev–Trinajstić information content (AvgIpc) is 2.51. The molecule has 1 unspecified atom stereocenters. The number of amides is 1. The maximum Gasteiger partial charge on any atom is 0.262 e. The van der Waals surface area contributed by atoms with E-state index in [1.807, 2.05) is 0 Å². The topological polar surface area (TPSA) is 29.1 Å². The molecule has 0 saturated heterocycles. The number of carbonyl (C=O) groups is 1. The van der Waals surface area contributed by atoms with Gasteiger partial charge in [0.1, 0.15) is 0 Å². The third kappa shape index (κ3) is 2.79. The van der Waals surface area contributed by atoms with Crippen LogP contribution in [0.2, 0.25) is 0 Å². The number of carbonyl (C=O) groups excluding carboxylic acids is 1. The van der Waals surface area contributed by atoms with Gasteiger partial charge in [0.05, 0.1) is 10.9 Å². The fourth-order valence-electron chi connectivity index (χ4n) is 0.755. The number of rotatable bonds is 2. The van der Waals surface area contributed by atoms with Crippen molar-refractivity contribution in [2.45, 2.75) is 17.9 Å². The van der Waals surface area contributed by atoms with Crippen LogP contribution in [0.3, 0.4) is 0 Å². The second-order valence-corrected chi connectivity index (χ2v) is 3.96. The lowest BCUT2D eigenvalue weighted by molar-refractivity contribution is 0.0952. The van der Waals surface area contributed by atoms with Crippen molar-refractivity contribution in [3.05, 3.63) is 16.3 Å². The minimum Gasteiger partial charge on any atom is -0.338 e. The van der Waals surface area contributed by atoms with E-state index in [4.69, 9.17) is 6.42 Å². The van der Waals surface area contributed by atoms with Crippen molar-refractivity contribution < 1.29 is 4.79 Å². The van der Waals surface area contributed by atoms with Crippen molar-refractivity contribution in [2.75, 3.05) is 0 Å². The molecule has 1 N–H and O–H groups in total. The van der Waals surface area contributed by atoms with Gasteiger partial charge in [0.2, 0.25) is 0 Å². The van der Waals surface area contributed by atoms with Gasteiger partial charge in [-0.25, -0.2) is 0 Å². The first-order valence-corrected chi connectivity index (χ1v) is 5.00. The van der Waals surface area contributed by atoms with E-state index in [0.29, 0.717) is 4.88 Å². The number of hydrogen-bond acceptors (Lipinski definition) is 3. The molecule has 0 fully saturated rings. The summed E-state index contributed by atoms with van der Waals surface area (Å²) in [6.07, 6.45) is 5.13. The smallest absolute Gasteiger partial charge is 0.262 e. The molecule has 1 rings (SSSR count). The molecule has 1 aromatic heterocycles. The first kappa shape index (κ1) is 10.2. The molecule has 1 aromatic rings. The van der Waals surface area contributed by atoms with E-state index in [9.17, 15) is 4.79 Å². The van der Waals surface area contributed by atoms with Gasteiger partial charge in [0.25, 0.3) is 5.91 Å². The minimum atomic E-state index is -0.238. The second kappa shape index (κ2) is 4.35. The van der Waals surface area contributed by atoms with Gasteiger partial charge in [-0.2, -0.15) is 0 Å². The summed E-state index contributed by atoms with van der Waals surface area (Å²) in [5, 5.41) is 4.46. The van der Waals surface area contributed by atoms with E-state index >= 15 is 0 Å². The highest BCUT2D eigenvalue weighted by molar-refractivity contribution is 7.80. The monoisotopic (exact) mass is 211 g/mol. The molecule has 0 aliphatic rings. The quantitative estimate of drug-likeness (QED) is 0.567. The fourth-order valence-corrected chi connectivity index (χ4v) is 1.81. The van der Waals surface area contributed by atoms with Crippen LogP contribution in [0.15, 0.2) is 16.3 Å². The first-order valence-electron chi connectivity index (χ1n) is 3.68. The Labute approximate surface area is 86.8 Å². The summed E-state index contributed by atoms with van der Waals surface area (Å²) in [6, 6.07) is 1.48. The Balaban J connectivity index is 2.65. The van der Waals surface area contributed by atoms with E-state index in [1.54, 1.807) is 18.4 Å². The van der Waals surface area contributed by atoms with Crippen LogP contribution in [-0.2, 0) is 0 Å². The second-order valence-electron chi connectivity index (χ2n) is 2.53. The lowest BCUT2D eigenvalue weighted by atomic mass is 10.3. The molecule has 0 saturated carbocycles. The lowest BCUT2D eigenvalue weighted by Gasteiger charge is -2.04. The highest BCUT2D eigenvalue weighted by atomic mass is 32.1. The SMILES string of the molecule is C#CC(C)NC(=O)c1cc(S)cs1. The minimum absolute atomic E-state index is 0.143. The van der Waals surface area contributed by atoms with Crippen LogP contribution in [0.4, 0.5) is 0 Å². The summed E-state index contributed by atoms with van der Waals surface area (Å²) in [7, 11) is 0. The largest absolute Gasteiger partial charge is 0.338 e. The molecule has 0 aliphatic heterocycles. The van der Waals surface area contributed by atoms with Crippen LogP contribution in [0.25, 0.3) is 0 Å². The van der Waals surface area contributed by atoms with E-state index in [0.717, 1.165) is 4.90 Å². The molecule has 68 valence electrons. The van der Waals surface area contributed by atoms with Crippen molar-refractivity contribution in [2.24, 2.45) is 0 Å². The molecular weight excluding hydrogens is 202 g/mol. The van der Waals surface area contributed by atoms with Gasteiger partial charge in [0.15, 0.2) is 0 Å². The summed E-state index contributed by atoms with van der Waals surface area (Å²) in [5.74, 6) is 2.28. The van der Waals surface area contributed by atoms with Crippen LogP contribution in [0, 0.1) is 12.3 Å². The van der Waals surface area contributed by atoms with E-state index in [1.165, 1.54) is 11.3 Å². The highest BCUT2D eigenvalue weighted by Gasteiger charge is 2.09. The third-order valence-electron chi connectivity index (χ3n) is 1.41. The van der Waals surface area contributed by atoms with Crippen LogP contribution in [0.5, 0.6) is 0 Å². The van der Waals surface area contributed by atoms with Crippen molar-refractivity contribution in [3.8, 4) is 12.3 Å². The van der Waals surface area contributed by atoms with E-state index in [-0.39, 0.29) is 11.9 Å². The predicted molar refractivity (Wildman–Crippen MR) is 57.3 cm³/mol. The molecule has 2 nitrogen and oxygen atoms in total. The molecule has 0 spiro atoms. The van der Waals surface area contributed by atoms with Gasteiger partial charge >= 0.3 is 0 Å². The van der Waals surface area contributed by atoms with Gasteiger partial charge in [-0.3, -0.25) is 4.79 Å². The zero-order valence-electron chi connectivity index (χ0n) is 7.07. The normalized spacial score (nSPS) is 11.8. The van der Waals surface area contributed by atoms with Crippen LogP contribution in [-0.4, -0.2) is 11.9 Å². The van der Waals surface area contributed by atoms with Crippen LogP contribution in [0.1, 0.15) is 16.6 Å². The zero-order chi connectivity index (χ0) is 9.84. The van der Waals surface area contributed by atoms with Gasteiger partial charge in [-0.05, 0) is 13.0 Å². The molecule has 13 heavy (non-hydrogen) atoms. The molecule has 0 radical (unpaired) electrons. The molecule has 0 aliphatic carbocycles. The number of hydrogen-bond donors (Lipinski definition) is 2. The standard InChI is InChI=1S/C9H9NOS2/c1-3-6(2)10-9(11)8-4-7(12)5-13-8/h1,4-6,12H,2H3,(H,10,11). The molecule has 1 heterocycles. The summed E-state index contributed by atoms with van der Waals surface area (Å²) in [5.41, 5.74) is 0. The molecule has 1 atom stereocenters. The molecule has 0 bridgehead atoms. The van der Waals surface area contributed by atoms with E-state index in [2.05, 4.69) is 23.9 Å². The summed E-state index contributed by atoms with van der Waals surface area (Å²) in [6.45, 7) is 1.76. The summed E-state index contributed by atoms with van der Waals surface area (Å²) < 4.78 is 0. The maximum atomic E-state index is 11.4. The number of nitrogens with one attached hydrogen (secondary N) is 1. The number of thiol groups is 1. The maximum absolute atomic E-state index is 11.4. The van der Waals surface area contributed by atoms with E-state index < -0.39 is 0 Å². The Morgan fingerprint density at radius 3 is 3.00 bits per heavy atom. The van der Waals surface area contributed by atoms with Crippen molar-refractivity contribution in [1.82, 2.24) is 5.32 Å². The number of terminal acetylenes is 1. The van der Waals surface area contributed by atoms with Crippen LogP contribution >= 0.6 is 24.0 Å². The van der Waals surface area contributed by atoms with Crippen molar-refractivity contribution in [1.29, 1.82) is 0 Å². The van der Waals surface area contributed by atoms with Crippen molar-refractivity contribution >= 4 is 29.9 Å². The van der Waals surface area contributed by atoms with Crippen molar-refractivity contribution in [3.63, 3.8) is 0 Å². The molecule has 4 heteroatoms. The Kier molecular flexibility index (Phi) is 3.40. The Morgan fingerprint density at radius 2 is 2.54 bits per heavy atom. The summed E-state index contributed by atoms with van der Waals surface area (Å²) in [4.78, 5) is 12.8. The van der Waals surface area contributed by atoms with Gasteiger partial charge in [-0.1, -0.05) is 5.92 Å². The van der Waals surface area contributed by atoms with Gasteiger partial charge < -0.3 is 5.32 Å². The Morgan fingerprint density at radius 1 is 1.85 bits per heavy atom. The van der Waals surface area contributed by atoms with Crippen LogP contribution < -0.4 is 5.32 Å². The average molecular weight is 211 g/mol. The lowest BCUT2D eigenvalue weighted by Crippen LogP contribution is -2.30. The molecular formula is C9H9NOS2. The van der Waals surface area contributed by atoms with Gasteiger partial charge in [0, 0.05) is 10.3 Å².